The predicted octanol–water partition coefficient (Wildman–Crippen LogP) is 3.60. The fourth-order valence-electron chi connectivity index (χ4n) is 4.51. The van der Waals surface area contributed by atoms with Crippen LogP contribution in [-0.4, -0.2) is 56.9 Å². The molecule has 0 aliphatic carbocycles. The molecule has 202 valence electrons. The van der Waals surface area contributed by atoms with Gasteiger partial charge in [0.15, 0.2) is 11.5 Å². The number of aromatic nitrogens is 3. The molecular weight excluding hydrogens is 496 g/mol. The minimum Gasteiger partial charge on any atom is -0.364 e. The van der Waals surface area contributed by atoms with E-state index in [1.807, 2.05) is 25.1 Å². The van der Waals surface area contributed by atoms with Gasteiger partial charge in [0, 0.05) is 36.1 Å². The monoisotopic (exact) mass is 528 g/mol. The molecule has 1 aromatic heterocycles. The first-order chi connectivity index (χ1) is 18.6. The number of likely N-dealkylation sites (tertiary alicyclic amines) is 1. The maximum atomic E-state index is 13.0. The van der Waals surface area contributed by atoms with Crippen LogP contribution in [0.4, 0.5) is 23.1 Å². The van der Waals surface area contributed by atoms with Gasteiger partial charge in [-0.3, -0.25) is 14.4 Å². The van der Waals surface area contributed by atoms with E-state index in [9.17, 15) is 14.4 Å². The smallest absolute Gasteiger partial charge is 0.273 e. The number of aryl methyl sites for hydroxylation is 1. The Morgan fingerprint density at radius 2 is 1.92 bits per heavy atom. The molecule has 3 aromatic rings. The molecule has 3 amide bonds. The van der Waals surface area contributed by atoms with Crippen LogP contribution in [0.15, 0.2) is 55.1 Å². The first-order valence-corrected chi connectivity index (χ1v) is 12.7. The molecular formula is C28H32N8O3. The minimum atomic E-state index is -0.804. The van der Waals surface area contributed by atoms with E-state index >= 15 is 0 Å². The maximum absolute atomic E-state index is 13.0. The van der Waals surface area contributed by atoms with Crippen molar-refractivity contribution in [3.05, 3.63) is 77.5 Å². The molecule has 5 N–H and O–H groups in total. The lowest BCUT2D eigenvalue weighted by Gasteiger charge is -2.16. The van der Waals surface area contributed by atoms with E-state index in [1.165, 1.54) is 11.6 Å². The van der Waals surface area contributed by atoms with Crippen LogP contribution in [0.1, 0.15) is 58.2 Å². The van der Waals surface area contributed by atoms with Gasteiger partial charge in [0.05, 0.1) is 0 Å². The molecule has 39 heavy (non-hydrogen) atoms. The van der Waals surface area contributed by atoms with Gasteiger partial charge in [-0.05, 0) is 66.8 Å². The molecule has 0 spiro atoms. The van der Waals surface area contributed by atoms with Gasteiger partial charge < -0.3 is 26.6 Å². The van der Waals surface area contributed by atoms with Gasteiger partial charge in [0.1, 0.15) is 0 Å². The van der Waals surface area contributed by atoms with Gasteiger partial charge in [0.25, 0.3) is 11.8 Å². The summed E-state index contributed by atoms with van der Waals surface area (Å²) >= 11 is 0. The zero-order valence-electron chi connectivity index (χ0n) is 22.2. The molecule has 2 heterocycles. The van der Waals surface area contributed by atoms with Crippen molar-refractivity contribution in [1.29, 1.82) is 0 Å². The van der Waals surface area contributed by atoms with Crippen molar-refractivity contribution in [2.75, 3.05) is 29.0 Å². The van der Waals surface area contributed by atoms with Crippen molar-refractivity contribution >= 4 is 40.9 Å². The first kappa shape index (κ1) is 27.2. The summed E-state index contributed by atoms with van der Waals surface area (Å²) < 4.78 is 0. The van der Waals surface area contributed by atoms with Gasteiger partial charge in [-0.15, -0.1) is 10.2 Å². The third-order valence-electron chi connectivity index (χ3n) is 6.47. The summed E-state index contributed by atoms with van der Waals surface area (Å²) in [5, 5.41) is 17.0. The molecule has 11 nitrogen and oxygen atoms in total. The number of amides is 3. The van der Waals surface area contributed by atoms with E-state index in [2.05, 4.69) is 51.6 Å². The summed E-state index contributed by atoms with van der Waals surface area (Å²) in [7, 11) is 0. The number of primary amides is 1. The number of benzene rings is 2. The topological polar surface area (TPSA) is 155 Å². The number of hydrogen-bond acceptors (Lipinski definition) is 8. The molecule has 1 atom stereocenters. The SMILES string of the molecule is C=CC(=O)N1CC[C@@H](Nc2nnc(C(N)=O)c(Nc3cccc(C(=O)Nc4ccc(C(C)C)c(C)c4)c3)n2)C1. The van der Waals surface area contributed by atoms with Crippen molar-refractivity contribution in [3.63, 3.8) is 0 Å². The highest BCUT2D eigenvalue weighted by molar-refractivity contribution is 6.05. The van der Waals surface area contributed by atoms with Crippen molar-refractivity contribution in [2.24, 2.45) is 5.73 Å². The summed E-state index contributed by atoms with van der Waals surface area (Å²) in [5.74, 6) is -0.570. The highest BCUT2D eigenvalue weighted by atomic mass is 16.2. The van der Waals surface area contributed by atoms with Crippen LogP contribution in [-0.2, 0) is 4.79 Å². The number of hydrogen-bond donors (Lipinski definition) is 4. The zero-order chi connectivity index (χ0) is 28.1. The Labute approximate surface area is 226 Å². The summed E-state index contributed by atoms with van der Waals surface area (Å²) in [5.41, 5.74) is 9.30. The van der Waals surface area contributed by atoms with E-state index in [-0.39, 0.29) is 35.3 Å². The molecule has 11 heteroatoms. The van der Waals surface area contributed by atoms with Crippen molar-refractivity contribution in [1.82, 2.24) is 20.1 Å². The zero-order valence-corrected chi connectivity index (χ0v) is 22.2. The molecule has 0 bridgehead atoms. The Morgan fingerprint density at radius 1 is 1.13 bits per heavy atom. The third kappa shape index (κ3) is 6.56. The lowest BCUT2D eigenvalue weighted by molar-refractivity contribution is -0.125. The Kier molecular flexibility index (Phi) is 8.18. The summed E-state index contributed by atoms with van der Waals surface area (Å²) in [6.45, 7) is 10.8. The van der Waals surface area contributed by atoms with E-state index in [0.717, 1.165) is 5.56 Å². The molecule has 1 aliphatic rings. The van der Waals surface area contributed by atoms with Crippen LogP contribution >= 0.6 is 0 Å². The summed E-state index contributed by atoms with van der Waals surface area (Å²) in [4.78, 5) is 42.9. The Hall–Kier alpha value is -4.80. The van der Waals surface area contributed by atoms with E-state index < -0.39 is 5.91 Å². The van der Waals surface area contributed by atoms with E-state index in [1.54, 1.807) is 29.2 Å². The highest BCUT2D eigenvalue weighted by Gasteiger charge is 2.26. The second kappa shape index (κ2) is 11.7. The van der Waals surface area contributed by atoms with Crippen LogP contribution in [0, 0.1) is 6.92 Å². The number of carbonyl (C=O) groups is 3. The highest BCUT2D eigenvalue weighted by Crippen LogP contribution is 2.24. The number of nitrogens with one attached hydrogen (secondary N) is 3. The fraction of sp³-hybridized carbons (Fsp3) is 0.286. The fourth-order valence-corrected chi connectivity index (χ4v) is 4.51. The summed E-state index contributed by atoms with van der Waals surface area (Å²) in [6.07, 6.45) is 1.97. The van der Waals surface area contributed by atoms with E-state index in [4.69, 9.17) is 5.73 Å². The van der Waals surface area contributed by atoms with Gasteiger partial charge in [0.2, 0.25) is 11.9 Å². The van der Waals surface area contributed by atoms with Gasteiger partial charge in [-0.1, -0.05) is 32.6 Å². The maximum Gasteiger partial charge on any atom is 0.273 e. The van der Waals surface area contributed by atoms with Crippen LogP contribution in [0.3, 0.4) is 0 Å². The number of nitrogens with zero attached hydrogens (tertiary/aromatic N) is 4. The van der Waals surface area contributed by atoms with Crippen molar-refractivity contribution < 1.29 is 14.4 Å². The molecule has 1 aliphatic heterocycles. The molecule has 0 radical (unpaired) electrons. The predicted molar refractivity (Wildman–Crippen MR) is 150 cm³/mol. The molecule has 2 aromatic carbocycles. The standard InChI is InChI=1S/C28H32N8O3/c1-5-23(37)36-12-11-21(15-36)32-28-33-26(24(25(29)38)34-35-28)30-19-8-6-7-18(14-19)27(39)31-20-9-10-22(16(2)3)17(4)13-20/h5-10,13-14,16,21H,1,11-12,15H2,2-4H3,(H2,29,38)(H,31,39)(H2,30,32,33,35)/t21-/m1/s1. The minimum absolute atomic E-state index is 0.0896. The molecule has 0 saturated carbocycles. The Balaban J connectivity index is 1.49. The molecule has 1 fully saturated rings. The van der Waals surface area contributed by atoms with Crippen LogP contribution in [0.25, 0.3) is 0 Å². The number of rotatable bonds is 9. The molecule has 4 rings (SSSR count). The quantitative estimate of drug-likeness (QED) is 0.307. The molecule has 0 unspecified atom stereocenters. The average molecular weight is 529 g/mol. The van der Waals surface area contributed by atoms with Crippen molar-refractivity contribution in [2.45, 2.75) is 39.2 Å². The first-order valence-electron chi connectivity index (χ1n) is 12.7. The Bertz CT molecular complexity index is 1420. The second-order valence-corrected chi connectivity index (χ2v) is 9.70. The average Bonchev–Trinajstić information content (AvgIpc) is 3.36. The van der Waals surface area contributed by atoms with Crippen LogP contribution in [0.2, 0.25) is 0 Å². The number of carbonyl (C=O) groups excluding carboxylic acids is 3. The second-order valence-electron chi connectivity index (χ2n) is 9.70. The number of nitrogens with two attached hydrogens (primary N) is 1. The lowest BCUT2D eigenvalue weighted by Crippen LogP contribution is -2.30. The molecule has 1 saturated heterocycles. The van der Waals surface area contributed by atoms with Crippen LogP contribution in [0.5, 0.6) is 0 Å². The van der Waals surface area contributed by atoms with Gasteiger partial charge in [-0.25, -0.2) is 0 Å². The van der Waals surface area contributed by atoms with Crippen LogP contribution < -0.4 is 21.7 Å². The van der Waals surface area contributed by atoms with E-state index in [0.29, 0.717) is 42.4 Å². The summed E-state index contributed by atoms with van der Waals surface area (Å²) in [6, 6.07) is 12.5. The largest absolute Gasteiger partial charge is 0.364 e. The van der Waals surface area contributed by atoms with Crippen molar-refractivity contribution in [3.8, 4) is 0 Å². The number of anilines is 4. The van der Waals surface area contributed by atoms with Gasteiger partial charge >= 0.3 is 0 Å². The van der Waals surface area contributed by atoms with Gasteiger partial charge in [-0.2, -0.15) is 4.98 Å². The third-order valence-corrected chi connectivity index (χ3v) is 6.47. The Morgan fingerprint density at radius 3 is 2.62 bits per heavy atom. The lowest BCUT2D eigenvalue weighted by atomic mass is 9.97. The normalized spacial score (nSPS) is 14.7.